The maximum absolute atomic E-state index is 2.31. The normalized spacial score (nSPS) is 22.1. The van der Waals surface area contributed by atoms with Gasteiger partial charge in [-0.15, -0.1) is 34.9 Å². The first-order valence-corrected chi connectivity index (χ1v) is 10.5. The average molecular weight is 307 g/mol. The zero-order chi connectivity index (χ0) is 10.8. The fourth-order valence-electron chi connectivity index (χ4n) is 1.53. The quantitative estimate of drug-likeness (QED) is 0.737. The van der Waals surface area contributed by atoms with Crippen molar-refractivity contribution in [3.05, 3.63) is 22.4 Å². The van der Waals surface area contributed by atoms with Crippen molar-refractivity contribution in [1.82, 2.24) is 0 Å². The summed E-state index contributed by atoms with van der Waals surface area (Å²) in [6, 6.07) is 4.51. The SMILES string of the molecule is c1csc(C(SC2CSC2)SC2CSC2)c1. The Morgan fingerprint density at radius 2 is 1.69 bits per heavy atom. The summed E-state index contributed by atoms with van der Waals surface area (Å²) in [6.07, 6.45) is 0. The third kappa shape index (κ3) is 2.91. The minimum Gasteiger partial charge on any atom is -0.160 e. The molecule has 0 nitrogen and oxygen atoms in total. The van der Waals surface area contributed by atoms with Crippen LogP contribution in [0.15, 0.2) is 17.5 Å². The van der Waals surface area contributed by atoms with Gasteiger partial charge in [-0.2, -0.15) is 23.5 Å². The van der Waals surface area contributed by atoms with Crippen molar-refractivity contribution in [2.45, 2.75) is 15.1 Å². The number of hydrogen-bond donors (Lipinski definition) is 0. The summed E-state index contributed by atoms with van der Waals surface area (Å²) >= 11 is 10.5. The van der Waals surface area contributed by atoms with Gasteiger partial charge in [0.15, 0.2) is 0 Å². The lowest BCUT2D eigenvalue weighted by molar-refractivity contribution is 1.07. The monoisotopic (exact) mass is 306 g/mol. The maximum atomic E-state index is 2.31. The van der Waals surface area contributed by atoms with E-state index in [0.717, 1.165) is 10.5 Å². The Balaban J connectivity index is 1.61. The first-order valence-electron chi connectivity index (χ1n) is 5.41. The van der Waals surface area contributed by atoms with Crippen LogP contribution in [-0.4, -0.2) is 33.5 Å². The third-order valence-corrected chi connectivity index (χ3v) is 10.4. The zero-order valence-electron chi connectivity index (χ0n) is 8.83. The van der Waals surface area contributed by atoms with Crippen LogP contribution in [0.2, 0.25) is 0 Å². The summed E-state index contributed by atoms with van der Waals surface area (Å²) in [7, 11) is 0. The first-order chi connectivity index (χ1) is 7.92. The van der Waals surface area contributed by atoms with Crippen LogP contribution in [0.5, 0.6) is 0 Å². The second kappa shape index (κ2) is 5.83. The van der Waals surface area contributed by atoms with E-state index in [0.29, 0.717) is 4.58 Å². The summed E-state index contributed by atoms with van der Waals surface area (Å²) in [6.45, 7) is 0. The van der Waals surface area contributed by atoms with Crippen molar-refractivity contribution in [1.29, 1.82) is 0 Å². The van der Waals surface area contributed by atoms with Crippen LogP contribution < -0.4 is 0 Å². The van der Waals surface area contributed by atoms with E-state index in [9.17, 15) is 0 Å². The molecule has 5 heteroatoms. The smallest absolute Gasteiger partial charge is 0.0850 e. The summed E-state index contributed by atoms with van der Waals surface area (Å²) < 4.78 is 0.705. The van der Waals surface area contributed by atoms with E-state index in [1.165, 1.54) is 23.0 Å². The summed E-state index contributed by atoms with van der Waals surface area (Å²) in [5.74, 6) is 5.47. The van der Waals surface area contributed by atoms with Crippen molar-refractivity contribution in [2.75, 3.05) is 23.0 Å². The minimum atomic E-state index is 0.705. The molecule has 3 heterocycles. The van der Waals surface area contributed by atoms with Crippen LogP contribution in [0.25, 0.3) is 0 Å². The van der Waals surface area contributed by atoms with Crippen LogP contribution in [0.3, 0.4) is 0 Å². The minimum absolute atomic E-state index is 0.705. The third-order valence-electron chi connectivity index (χ3n) is 2.62. The van der Waals surface area contributed by atoms with Crippen LogP contribution in [0, 0.1) is 0 Å². The molecular weight excluding hydrogens is 292 g/mol. The molecule has 16 heavy (non-hydrogen) atoms. The molecule has 0 unspecified atom stereocenters. The van der Waals surface area contributed by atoms with Gasteiger partial charge in [0.05, 0.1) is 4.58 Å². The molecule has 0 saturated carbocycles. The van der Waals surface area contributed by atoms with E-state index >= 15 is 0 Å². The van der Waals surface area contributed by atoms with Gasteiger partial charge in [-0.1, -0.05) is 6.07 Å². The van der Waals surface area contributed by atoms with Crippen LogP contribution in [0.1, 0.15) is 9.46 Å². The molecule has 0 N–H and O–H groups in total. The summed E-state index contributed by atoms with van der Waals surface area (Å²) in [5.41, 5.74) is 0. The molecule has 0 bridgehead atoms. The van der Waals surface area contributed by atoms with Crippen molar-refractivity contribution >= 4 is 58.4 Å². The fourth-order valence-corrected chi connectivity index (χ4v) is 8.37. The predicted molar refractivity (Wildman–Crippen MR) is 84.5 cm³/mol. The van der Waals surface area contributed by atoms with Gasteiger partial charge < -0.3 is 0 Å². The molecule has 0 aromatic carbocycles. The molecule has 2 saturated heterocycles. The number of thiophene rings is 1. The number of hydrogen-bond acceptors (Lipinski definition) is 5. The Hall–Kier alpha value is 1.10. The molecule has 2 aliphatic heterocycles. The van der Waals surface area contributed by atoms with Crippen molar-refractivity contribution in [3.63, 3.8) is 0 Å². The van der Waals surface area contributed by atoms with Crippen LogP contribution in [0.4, 0.5) is 0 Å². The van der Waals surface area contributed by atoms with Gasteiger partial charge in [-0.3, -0.25) is 0 Å². The molecule has 0 spiro atoms. The van der Waals surface area contributed by atoms with Crippen molar-refractivity contribution in [3.8, 4) is 0 Å². The maximum Gasteiger partial charge on any atom is 0.0850 e. The highest BCUT2D eigenvalue weighted by molar-refractivity contribution is 8.19. The highest BCUT2D eigenvalue weighted by Gasteiger charge is 2.29. The lowest BCUT2D eigenvalue weighted by Gasteiger charge is -2.32. The topological polar surface area (TPSA) is 0 Å². The summed E-state index contributed by atoms with van der Waals surface area (Å²) in [4.78, 5) is 1.57. The molecule has 2 fully saturated rings. The molecule has 2 aliphatic rings. The number of rotatable bonds is 5. The van der Waals surface area contributed by atoms with Gasteiger partial charge in [0.1, 0.15) is 0 Å². The highest BCUT2D eigenvalue weighted by atomic mass is 32.2. The van der Waals surface area contributed by atoms with Crippen molar-refractivity contribution < 1.29 is 0 Å². The lowest BCUT2D eigenvalue weighted by Crippen LogP contribution is -2.24. The Bertz CT molecular complexity index is 299. The van der Waals surface area contributed by atoms with E-state index < -0.39 is 0 Å². The van der Waals surface area contributed by atoms with E-state index in [1.807, 2.05) is 11.3 Å². The van der Waals surface area contributed by atoms with Gasteiger partial charge in [-0.25, -0.2) is 0 Å². The van der Waals surface area contributed by atoms with E-state index in [1.54, 1.807) is 4.88 Å². The fraction of sp³-hybridized carbons (Fsp3) is 0.636. The van der Waals surface area contributed by atoms with E-state index in [4.69, 9.17) is 0 Å². The lowest BCUT2D eigenvalue weighted by atomic mass is 10.5. The standard InChI is InChI=1S/C11H14S5/c1-2-10(14-3-1)11(15-8-4-12-5-8)16-9-6-13-7-9/h1-3,8-9,11H,4-7H2. The predicted octanol–water partition coefficient (Wildman–Crippen LogP) is 4.44. The van der Waals surface area contributed by atoms with Crippen molar-refractivity contribution in [2.24, 2.45) is 0 Å². The molecule has 3 rings (SSSR count). The molecule has 88 valence electrons. The Labute approximate surface area is 118 Å². The molecule has 1 aromatic rings. The van der Waals surface area contributed by atoms with Crippen LogP contribution in [-0.2, 0) is 0 Å². The van der Waals surface area contributed by atoms with E-state index in [2.05, 4.69) is 64.6 Å². The van der Waals surface area contributed by atoms with Crippen LogP contribution >= 0.6 is 58.4 Å². The van der Waals surface area contributed by atoms with Gasteiger partial charge in [0, 0.05) is 38.4 Å². The molecule has 0 radical (unpaired) electrons. The largest absolute Gasteiger partial charge is 0.160 e. The number of thioether (sulfide) groups is 4. The second-order valence-corrected chi connectivity index (χ2v) is 10.2. The van der Waals surface area contributed by atoms with E-state index in [-0.39, 0.29) is 0 Å². The average Bonchev–Trinajstić information content (AvgIpc) is 2.65. The summed E-state index contributed by atoms with van der Waals surface area (Å²) in [5, 5.41) is 4.05. The second-order valence-electron chi connectivity index (χ2n) is 3.94. The highest BCUT2D eigenvalue weighted by Crippen LogP contribution is 2.50. The Morgan fingerprint density at radius 1 is 1.06 bits per heavy atom. The zero-order valence-corrected chi connectivity index (χ0v) is 12.9. The first kappa shape index (κ1) is 12.2. The molecular formula is C11H14S5. The molecule has 0 aliphatic carbocycles. The van der Waals surface area contributed by atoms with Gasteiger partial charge >= 0.3 is 0 Å². The molecule has 1 aromatic heterocycles. The van der Waals surface area contributed by atoms with Gasteiger partial charge in [0.25, 0.3) is 0 Å². The Morgan fingerprint density at radius 3 is 2.06 bits per heavy atom. The molecule has 0 amide bonds. The molecule has 0 atom stereocenters. The Kier molecular flexibility index (Phi) is 4.42. The van der Waals surface area contributed by atoms with Gasteiger partial charge in [-0.05, 0) is 11.4 Å². The van der Waals surface area contributed by atoms with Gasteiger partial charge in [0.2, 0.25) is 0 Å².